The summed E-state index contributed by atoms with van der Waals surface area (Å²) in [7, 11) is 3.93. The summed E-state index contributed by atoms with van der Waals surface area (Å²) in [5.41, 5.74) is 9.64. The first-order chi connectivity index (χ1) is 10.0. The Balaban J connectivity index is 1.85. The maximum Gasteiger partial charge on any atom is 0.263 e. The van der Waals surface area contributed by atoms with Crippen molar-refractivity contribution in [2.75, 3.05) is 24.7 Å². The molecule has 9 heteroatoms. The SMILES string of the molecule is CN(C)c1ccc(/C=N/NC(=O)Cn2nnc(N)n2)cc1. The number of benzene rings is 1. The summed E-state index contributed by atoms with van der Waals surface area (Å²) >= 11 is 0. The molecule has 0 bridgehead atoms. The highest BCUT2D eigenvalue weighted by atomic mass is 16.2. The van der Waals surface area contributed by atoms with Gasteiger partial charge >= 0.3 is 0 Å². The molecule has 0 saturated carbocycles. The van der Waals surface area contributed by atoms with Gasteiger partial charge in [0.15, 0.2) is 0 Å². The topological polar surface area (TPSA) is 114 Å². The summed E-state index contributed by atoms with van der Waals surface area (Å²) in [6.45, 7) is -0.0961. The Bertz CT molecular complexity index is 631. The zero-order valence-corrected chi connectivity index (χ0v) is 11.8. The van der Waals surface area contributed by atoms with E-state index in [0.29, 0.717) is 0 Å². The number of aromatic nitrogens is 4. The van der Waals surface area contributed by atoms with Crippen LogP contribution in [0.15, 0.2) is 29.4 Å². The number of rotatable bonds is 5. The van der Waals surface area contributed by atoms with Crippen LogP contribution in [0.1, 0.15) is 5.56 Å². The van der Waals surface area contributed by atoms with Crippen molar-refractivity contribution in [3.05, 3.63) is 29.8 Å². The van der Waals surface area contributed by atoms with Crippen LogP contribution in [-0.2, 0) is 11.3 Å². The van der Waals surface area contributed by atoms with Crippen molar-refractivity contribution in [2.45, 2.75) is 6.54 Å². The standard InChI is InChI=1S/C12H16N8O/c1-19(2)10-5-3-9(4-6-10)7-14-15-11(21)8-20-17-12(13)16-18-20/h3-7H,8H2,1-2H3,(H2,13,17)(H,15,21)/b14-7+. The quantitative estimate of drug-likeness (QED) is 0.564. The molecule has 0 aliphatic heterocycles. The van der Waals surface area contributed by atoms with Gasteiger partial charge in [0.05, 0.1) is 6.21 Å². The molecule has 110 valence electrons. The van der Waals surface area contributed by atoms with Crippen molar-refractivity contribution in [2.24, 2.45) is 5.10 Å². The molecule has 0 aliphatic carbocycles. The number of nitrogens with one attached hydrogen (secondary N) is 1. The van der Waals surface area contributed by atoms with Crippen LogP contribution < -0.4 is 16.1 Å². The fourth-order valence-corrected chi connectivity index (χ4v) is 1.52. The number of carbonyl (C=O) groups is 1. The lowest BCUT2D eigenvalue weighted by Gasteiger charge is -2.11. The predicted molar refractivity (Wildman–Crippen MR) is 78.7 cm³/mol. The van der Waals surface area contributed by atoms with E-state index in [2.05, 4.69) is 25.9 Å². The Morgan fingerprint density at radius 3 is 2.71 bits per heavy atom. The molecule has 0 atom stereocenters. The van der Waals surface area contributed by atoms with E-state index in [0.717, 1.165) is 16.0 Å². The number of nitrogen functional groups attached to an aromatic ring is 1. The highest BCUT2D eigenvalue weighted by Crippen LogP contribution is 2.10. The van der Waals surface area contributed by atoms with E-state index >= 15 is 0 Å². The number of hydrogen-bond acceptors (Lipinski definition) is 7. The first-order valence-corrected chi connectivity index (χ1v) is 6.17. The normalized spacial score (nSPS) is 10.8. The monoisotopic (exact) mass is 288 g/mol. The van der Waals surface area contributed by atoms with E-state index in [4.69, 9.17) is 5.73 Å². The van der Waals surface area contributed by atoms with Crippen LogP contribution >= 0.6 is 0 Å². The van der Waals surface area contributed by atoms with Gasteiger partial charge < -0.3 is 10.6 Å². The molecule has 0 unspecified atom stereocenters. The number of hydrogen-bond donors (Lipinski definition) is 2. The molecule has 0 radical (unpaired) electrons. The number of nitrogens with zero attached hydrogens (tertiary/aromatic N) is 6. The Kier molecular flexibility index (Phi) is 4.44. The molecule has 0 fully saturated rings. The fourth-order valence-electron chi connectivity index (χ4n) is 1.52. The second-order valence-corrected chi connectivity index (χ2v) is 4.46. The third-order valence-corrected chi connectivity index (χ3v) is 2.57. The molecule has 21 heavy (non-hydrogen) atoms. The van der Waals surface area contributed by atoms with Gasteiger partial charge in [-0.05, 0) is 22.9 Å². The average molecular weight is 288 g/mol. The molecule has 3 N–H and O–H groups in total. The lowest BCUT2D eigenvalue weighted by Crippen LogP contribution is -2.24. The van der Waals surface area contributed by atoms with Gasteiger partial charge in [-0.15, -0.1) is 5.10 Å². The van der Waals surface area contributed by atoms with Gasteiger partial charge in [0.2, 0.25) is 0 Å². The molecule has 9 nitrogen and oxygen atoms in total. The third-order valence-electron chi connectivity index (χ3n) is 2.57. The molecule has 1 aromatic heterocycles. The number of amides is 1. The minimum Gasteiger partial charge on any atom is -0.378 e. The maximum atomic E-state index is 11.6. The summed E-state index contributed by atoms with van der Waals surface area (Å²) in [6.07, 6.45) is 1.56. The Hall–Kier alpha value is -2.97. The van der Waals surface area contributed by atoms with E-state index in [1.807, 2.05) is 43.3 Å². The summed E-state index contributed by atoms with van der Waals surface area (Å²) in [4.78, 5) is 14.6. The molecule has 1 aromatic carbocycles. The lowest BCUT2D eigenvalue weighted by atomic mass is 10.2. The minimum atomic E-state index is -0.367. The summed E-state index contributed by atoms with van der Waals surface area (Å²) < 4.78 is 0. The van der Waals surface area contributed by atoms with Crippen molar-refractivity contribution >= 4 is 23.8 Å². The molecule has 0 saturated heterocycles. The lowest BCUT2D eigenvalue weighted by molar-refractivity contribution is -0.122. The minimum absolute atomic E-state index is 0.0206. The summed E-state index contributed by atoms with van der Waals surface area (Å²) in [5.74, 6) is -0.346. The van der Waals surface area contributed by atoms with E-state index in [1.165, 1.54) is 0 Å². The molecule has 0 spiro atoms. The van der Waals surface area contributed by atoms with Gasteiger partial charge in [-0.3, -0.25) is 4.79 Å². The average Bonchev–Trinajstić information content (AvgIpc) is 2.84. The number of carbonyl (C=O) groups excluding carboxylic acids is 1. The van der Waals surface area contributed by atoms with Gasteiger partial charge in [-0.1, -0.05) is 17.2 Å². The first kappa shape index (κ1) is 14.4. The van der Waals surface area contributed by atoms with Gasteiger partial charge in [0.1, 0.15) is 6.54 Å². The molecule has 1 heterocycles. The predicted octanol–water partition coefficient (Wildman–Crippen LogP) is -0.528. The Morgan fingerprint density at radius 2 is 2.14 bits per heavy atom. The molecule has 2 aromatic rings. The smallest absolute Gasteiger partial charge is 0.263 e. The molecular weight excluding hydrogens is 272 g/mol. The van der Waals surface area contributed by atoms with E-state index in [-0.39, 0.29) is 18.4 Å². The Morgan fingerprint density at radius 1 is 1.43 bits per heavy atom. The van der Waals surface area contributed by atoms with Crippen LogP contribution in [0.25, 0.3) is 0 Å². The number of tetrazole rings is 1. The maximum absolute atomic E-state index is 11.6. The number of hydrazone groups is 1. The van der Waals surface area contributed by atoms with Crippen molar-refractivity contribution in [1.29, 1.82) is 0 Å². The van der Waals surface area contributed by atoms with Gasteiger partial charge in [0, 0.05) is 19.8 Å². The molecule has 1 amide bonds. The number of anilines is 2. The first-order valence-electron chi connectivity index (χ1n) is 6.17. The van der Waals surface area contributed by atoms with Crippen LogP contribution in [0.2, 0.25) is 0 Å². The van der Waals surface area contributed by atoms with Crippen LogP contribution in [0.4, 0.5) is 11.6 Å². The largest absolute Gasteiger partial charge is 0.378 e. The molecule has 2 rings (SSSR count). The second-order valence-electron chi connectivity index (χ2n) is 4.46. The second kappa shape index (κ2) is 6.46. The fraction of sp³-hybridized carbons (Fsp3) is 0.250. The van der Waals surface area contributed by atoms with Crippen LogP contribution in [0.3, 0.4) is 0 Å². The zero-order chi connectivity index (χ0) is 15.2. The van der Waals surface area contributed by atoms with Crippen molar-refractivity contribution in [3.63, 3.8) is 0 Å². The highest BCUT2D eigenvalue weighted by molar-refractivity contribution is 5.82. The third kappa shape index (κ3) is 4.27. The summed E-state index contributed by atoms with van der Waals surface area (Å²) in [5, 5.41) is 14.6. The Labute approximate surface area is 121 Å². The molecular formula is C12H16N8O. The van der Waals surface area contributed by atoms with E-state index in [1.54, 1.807) is 6.21 Å². The van der Waals surface area contributed by atoms with Crippen LogP contribution in [-0.4, -0.2) is 46.4 Å². The van der Waals surface area contributed by atoms with Gasteiger partial charge in [-0.25, -0.2) is 5.43 Å². The number of nitrogens with two attached hydrogens (primary N) is 1. The van der Waals surface area contributed by atoms with E-state index < -0.39 is 0 Å². The van der Waals surface area contributed by atoms with Crippen molar-refractivity contribution in [1.82, 2.24) is 25.6 Å². The zero-order valence-electron chi connectivity index (χ0n) is 11.8. The summed E-state index contributed by atoms with van der Waals surface area (Å²) in [6, 6.07) is 7.74. The van der Waals surface area contributed by atoms with Crippen LogP contribution in [0, 0.1) is 0 Å². The van der Waals surface area contributed by atoms with Gasteiger partial charge in [-0.2, -0.15) is 9.90 Å². The van der Waals surface area contributed by atoms with Gasteiger partial charge in [0.25, 0.3) is 11.9 Å². The van der Waals surface area contributed by atoms with Crippen molar-refractivity contribution in [3.8, 4) is 0 Å². The highest BCUT2D eigenvalue weighted by Gasteiger charge is 2.04. The van der Waals surface area contributed by atoms with E-state index in [9.17, 15) is 4.79 Å². The van der Waals surface area contributed by atoms with Crippen LogP contribution in [0.5, 0.6) is 0 Å². The molecule has 0 aliphatic rings. The van der Waals surface area contributed by atoms with Crippen molar-refractivity contribution < 1.29 is 4.79 Å².